The normalized spacial score (nSPS) is 16.3. The van der Waals surface area contributed by atoms with Crippen molar-refractivity contribution < 1.29 is 0 Å². The van der Waals surface area contributed by atoms with Gasteiger partial charge in [0.1, 0.15) is 0 Å². The quantitative estimate of drug-likeness (QED) is 0.536. The third-order valence-corrected chi connectivity index (χ3v) is 1.97. The van der Waals surface area contributed by atoms with Crippen LogP contribution < -0.4 is 0 Å². The first-order valence-electron chi connectivity index (χ1n) is 4.28. The van der Waals surface area contributed by atoms with Crippen molar-refractivity contribution in [1.82, 2.24) is 0 Å². The molecule has 1 aliphatic rings. The lowest BCUT2D eigenvalue weighted by atomic mass is 9.99. The summed E-state index contributed by atoms with van der Waals surface area (Å²) in [7, 11) is 0. The molecule has 0 spiro atoms. The lowest BCUT2D eigenvalue weighted by Crippen LogP contribution is -1.87. The summed E-state index contributed by atoms with van der Waals surface area (Å²) in [5, 5.41) is 0. The standard InChI is InChI=1S/C11H16/c1-10(2)8-9-11-6-4-3-5-7-11/h3-4,6H,1,5,7-9H2,2H3. The topological polar surface area (TPSA) is 0 Å². The third kappa shape index (κ3) is 3.22. The van der Waals surface area contributed by atoms with Crippen molar-refractivity contribution in [2.45, 2.75) is 32.6 Å². The average Bonchev–Trinajstić information content (AvgIpc) is 2.03. The van der Waals surface area contributed by atoms with E-state index < -0.39 is 0 Å². The van der Waals surface area contributed by atoms with Crippen LogP contribution in [0.4, 0.5) is 0 Å². The van der Waals surface area contributed by atoms with E-state index in [4.69, 9.17) is 0 Å². The molecule has 1 rings (SSSR count). The Morgan fingerprint density at radius 3 is 3.00 bits per heavy atom. The molecule has 0 fully saturated rings. The first kappa shape index (κ1) is 8.32. The SMILES string of the molecule is C=C(C)CCC1=CC=CCC1. The Balaban J connectivity index is 2.31. The Bertz CT molecular complexity index is 194. The Morgan fingerprint density at radius 2 is 2.45 bits per heavy atom. The highest BCUT2D eigenvalue weighted by Crippen LogP contribution is 2.18. The van der Waals surface area contributed by atoms with Gasteiger partial charge in [0.2, 0.25) is 0 Å². The highest BCUT2D eigenvalue weighted by atomic mass is 14.0. The van der Waals surface area contributed by atoms with E-state index in [1.165, 1.54) is 24.8 Å². The second-order valence-electron chi connectivity index (χ2n) is 3.25. The average molecular weight is 148 g/mol. The number of hydrogen-bond donors (Lipinski definition) is 0. The van der Waals surface area contributed by atoms with Gasteiger partial charge in [-0.1, -0.05) is 29.4 Å². The second kappa shape index (κ2) is 4.17. The first-order chi connectivity index (χ1) is 5.29. The summed E-state index contributed by atoms with van der Waals surface area (Å²) in [5.74, 6) is 0. The number of hydrogen-bond acceptors (Lipinski definition) is 0. The van der Waals surface area contributed by atoms with Crippen molar-refractivity contribution in [3.05, 3.63) is 36.0 Å². The Kier molecular flexibility index (Phi) is 3.15. The van der Waals surface area contributed by atoms with E-state index in [2.05, 4.69) is 31.7 Å². The van der Waals surface area contributed by atoms with Crippen LogP contribution in [0.2, 0.25) is 0 Å². The zero-order chi connectivity index (χ0) is 8.10. The summed E-state index contributed by atoms with van der Waals surface area (Å²) >= 11 is 0. The van der Waals surface area contributed by atoms with Gasteiger partial charge in [0, 0.05) is 0 Å². The molecule has 0 saturated heterocycles. The van der Waals surface area contributed by atoms with Crippen molar-refractivity contribution in [2.24, 2.45) is 0 Å². The van der Waals surface area contributed by atoms with Gasteiger partial charge in [-0.15, -0.1) is 6.58 Å². The van der Waals surface area contributed by atoms with Crippen LogP contribution in [0.15, 0.2) is 36.0 Å². The Labute approximate surface area is 69.3 Å². The minimum atomic E-state index is 1.15. The predicted molar refractivity (Wildman–Crippen MR) is 50.5 cm³/mol. The van der Waals surface area contributed by atoms with E-state index in [9.17, 15) is 0 Å². The van der Waals surface area contributed by atoms with Crippen LogP contribution in [-0.4, -0.2) is 0 Å². The number of allylic oxidation sites excluding steroid dienone is 5. The molecule has 0 atom stereocenters. The molecule has 0 N–H and O–H groups in total. The summed E-state index contributed by atoms with van der Waals surface area (Å²) in [4.78, 5) is 0. The van der Waals surface area contributed by atoms with Crippen LogP contribution in [-0.2, 0) is 0 Å². The van der Waals surface area contributed by atoms with Gasteiger partial charge in [-0.2, -0.15) is 0 Å². The maximum absolute atomic E-state index is 3.89. The fourth-order valence-corrected chi connectivity index (χ4v) is 1.23. The summed E-state index contributed by atoms with van der Waals surface area (Å²) in [6.07, 6.45) is 11.5. The molecule has 1 aliphatic carbocycles. The highest BCUT2D eigenvalue weighted by Gasteiger charge is 1.98. The van der Waals surface area contributed by atoms with Crippen molar-refractivity contribution in [3.8, 4) is 0 Å². The Morgan fingerprint density at radius 1 is 1.64 bits per heavy atom. The summed E-state index contributed by atoms with van der Waals surface area (Å²) in [6, 6.07) is 0. The highest BCUT2D eigenvalue weighted by molar-refractivity contribution is 5.18. The van der Waals surface area contributed by atoms with E-state index >= 15 is 0 Å². The molecule has 11 heavy (non-hydrogen) atoms. The maximum Gasteiger partial charge on any atom is -0.0280 e. The Hall–Kier alpha value is -0.780. The lowest BCUT2D eigenvalue weighted by Gasteiger charge is -2.07. The van der Waals surface area contributed by atoms with E-state index in [-0.39, 0.29) is 0 Å². The molecule has 0 heterocycles. The first-order valence-corrected chi connectivity index (χ1v) is 4.28. The van der Waals surface area contributed by atoms with Gasteiger partial charge < -0.3 is 0 Å². The fourth-order valence-electron chi connectivity index (χ4n) is 1.23. The third-order valence-electron chi connectivity index (χ3n) is 1.97. The zero-order valence-electron chi connectivity index (χ0n) is 7.27. The summed E-state index contributed by atoms with van der Waals surface area (Å²) in [5.41, 5.74) is 2.87. The zero-order valence-corrected chi connectivity index (χ0v) is 7.27. The molecule has 0 saturated carbocycles. The molecule has 0 aromatic heterocycles. The molecule has 0 nitrogen and oxygen atoms in total. The molecule has 0 aromatic carbocycles. The van der Waals surface area contributed by atoms with E-state index in [1.807, 2.05) is 0 Å². The second-order valence-corrected chi connectivity index (χ2v) is 3.25. The van der Waals surface area contributed by atoms with Crippen molar-refractivity contribution in [1.29, 1.82) is 0 Å². The van der Waals surface area contributed by atoms with Crippen molar-refractivity contribution in [3.63, 3.8) is 0 Å². The molecule has 60 valence electrons. The molecule has 0 aromatic rings. The molecule has 0 amide bonds. The van der Waals surface area contributed by atoms with E-state index in [0.29, 0.717) is 0 Å². The minimum absolute atomic E-state index is 1.15. The van der Waals surface area contributed by atoms with Crippen LogP contribution in [0.25, 0.3) is 0 Å². The maximum atomic E-state index is 3.89. The van der Waals surface area contributed by atoms with Gasteiger partial charge >= 0.3 is 0 Å². The molecule has 0 unspecified atom stereocenters. The molecular formula is C11H16. The van der Waals surface area contributed by atoms with Crippen LogP contribution in [0.5, 0.6) is 0 Å². The van der Waals surface area contributed by atoms with Crippen LogP contribution in [0.1, 0.15) is 32.6 Å². The largest absolute Gasteiger partial charge is 0.100 e. The number of rotatable bonds is 3. The van der Waals surface area contributed by atoms with Gasteiger partial charge in [-0.05, 0) is 32.6 Å². The molecular weight excluding hydrogens is 132 g/mol. The van der Waals surface area contributed by atoms with E-state index in [0.717, 1.165) is 6.42 Å². The van der Waals surface area contributed by atoms with Crippen molar-refractivity contribution in [2.75, 3.05) is 0 Å². The summed E-state index contributed by atoms with van der Waals surface area (Å²) < 4.78 is 0. The van der Waals surface area contributed by atoms with Crippen molar-refractivity contribution >= 4 is 0 Å². The smallest absolute Gasteiger partial charge is 0.0280 e. The van der Waals surface area contributed by atoms with Crippen LogP contribution >= 0.6 is 0 Å². The summed E-state index contributed by atoms with van der Waals surface area (Å²) in [6.45, 7) is 5.99. The minimum Gasteiger partial charge on any atom is -0.100 e. The lowest BCUT2D eigenvalue weighted by molar-refractivity contribution is 0.834. The molecule has 0 heteroatoms. The van der Waals surface area contributed by atoms with Gasteiger partial charge in [-0.3, -0.25) is 0 Å². The fraction of sp³-hybridized carbons (Fsp3) is 0.455. The van der Waals surface area contributed by atoms with Gasteiger partial charge in [0.15, 0.2) is 0 Å². The molecule has 0 bridgehead atoms. The van der Waals surface area contributed by atoms with Gasteiger partial charge in [0.05, 0.1) is 0 Å². The van der Waals surface area contributed by atoms with Crippen LogP contribution in [0.3, 0.4) is 0 Å². The van der Waals surface area contributed by atoms with Crippen LogP contribution in [0, 0.1) is 0 Å². The molecule has 0 aliphatic heterocycles. The molecule has 0 radical (unpaired) electrons. The van der Waals surface area contributed by atoms with Gasteiger partial charge in [0.25, 0.3) is 0 Å². The van der Waals surface area contributed by atoms with E-state index in [1.54, 1.807) is 5.57 Å². The monoisotopic (exact) mass is 148 g/mol. The van der Waals surface area contributed by atoms with Gasteiger partial charge in [-0.25, -0.2) is 0 Å². The predicted octanol–water partition coefficient (Wildman–Crippen LogP) is 3.62.